The van der Waals surface area contributed by atoms with Gasteiger partial charge in [0.1, 0.15) is 0 Å². The third kappa shape index (κ3) is 16.5. The number of carboxylic acid groups (broad SMARTS) is 2. The largest absolute Gasteiger partial charge is 2.00 e. The molecule has 0 heterocycles. The standard InChI is InChI=1S/2C19H30O2.Ca/c2*1-3-4-5-6-7-8-9-13-16-19(2,18(20)21)17-14-11-10-12-15-17;/h2*10-12,14-15H,3-9,13,16H2,1-2H3,(H,20,21);/q;;+2/p-2. The monoisotopic (exact) mass is 618 g/mol. The normalized spacial score (nSPS) is 13.5. The molecular weight excluding hydrogens is 560 g/mol. The molecule has 0 aliphatic carbocycles. The fourth-order valence-electron chi connectivity index (χ4n) is 5.57. The van der Waals surface area contributed by atoms with E-state index in [0.29, 0.717) is 12.8 Å². The van der Waals surface area contributed by atoms with E-state index in [1.165, 1.54) is 77.0 Å². The van der Waals surface area contributed by atoms with Crippen molar-refractivity contribution < 1.29 is 19.8 Å². The fraction of sp³-hybridized carbons (Fsp3) is 0.632. The fourth-order valence-corrected chi connectivity index (χ4v) is 5.57. The molecule has 0 radical (unpaired) electrons. The molecule has 2 atom stereocenters. The first kappa shape index (κ1) is 41.6. The van der Waals surface area contributed by atoms with E-state index in [1.54, 1.807) is 13.8 Å². The van der Waals surface area contributed by atoms with Gasteiger partial charge in [-0.25, -0.2) is 0 Å². The predicted molar refractivity (Wildman–Crippen MR) is 178 cm³/mol. The molecule has 0 spiro atoms. The minimum Gasteiger partial charge on any atom is -0.549 e. The summed E-state index contributed by atoms with van der Waals surface area (Å²) in [6.07, 6.45) is 20.9. The SMILES string of the molecule is CCCCCCCCCCC(C)(C(=O)[O-])c1ccccc1.CCCCCCCCCCC(C)(C(=O)[O-])c1ccccc1.[Ca+2]. The summed E-state index contributed by atoms with van der Waals surface area (Å²) in [5.41, 5.74) is -0.00618. The Hall–Kier alpha value is -1.36. The molecule has 0 N–H and O–H groups in total. The van der Waals surface area contributed by atoms with Crippen LogP contribution in [0.15, 0.2) is 60.7 Å². The Morgan fingerprint density at radius 3 is 1.00 bits per heavy atom. The van der Waals surface area contributed by atoms with Crippen LogP contribution in [0.4, 0.5) is 0 Å². The van der Waals surface area contributed by atoms with Crippen molar-refractivity contribution in [3.05, 3.63) is 71.8 Å². The number of aliphatic carboxylic acids is 2. The van der Waals surface area contributed by atoms with E-state index >= 15 is 0 Å². The van der Waals surface area contributed by atoms with Gasteiger partial charge < -0.3 is 19.8 Å². The number of hydrogen-bond donors (Lipinski definition) is 0. The number of hydrogen-bond acceptors (Lipinski definition) is 4. The molecule has 43 heavy (non-hydrogen) atoms. The molecular formula is C38H58CaO4. The van der Waals surface area contributed by atoms with Crippen LogP contribution in [0.25, 0.3) is 0 Å². The van der Waals surface area contributed by atoms with Gasteiger partial charge in [-0.2, -0.15) is 0 Å². The number of rotatable bonds is 22. The molecule has 2 aromatic carbocycles. The smallest absolute Gasteiger partial charge is 0.549 e. The van der Waals surface area contributed by atoms with Crippen LogP contribution in [-0.4, -0.2) is 49.7 Å². The van der Waals surface area contributed by atoms with Crippen molar-refractivity contribution in [1.82, 2.24) is 0 Å². The second-order valence-electron chi connectivity index (χ2n) is 12.4. The Labute approximate surface area is 293 Å². The van der Waals surface area contributed by atoms with Gasteiger partial charge in [-0.05, 0) is 24.0 Å². The van der Waals surface area contributed by atoms with Crippen molar-refractivity contribution in [2.45, 2.75) is 154 Å². The molecule has 0 saturated carbocycles. The quantitative estimate of drug-likeness (QED) is 0.0987. The zero-order valence-corrected chi connectivity index (χ0v) is 30.0. The van der Waals surface area contributed by atoms with Crippen LogP contribution in [0, 0.1) is 0 Å². The molecule has 4 nitrogen and oxygen atoms in total. The summed E-state index contributed by atoms with van der Waals surface area (Å²) in [4.78, 5) is 23.1. The molecule has 0 aliphatic rings. The molecule has 0 saturated heterocycles. The molecule has 5 heteroatoms. The van der Waals surface area contributed by atoms with Gasteiger partial charge >= 0.3 is 37.7 Å². The van der Waals surface area contributed by atoms with Crippen molar-refractivity contribution in [1.29, 1.82) is 0 Å². The van der Waals surface area contributed by atoms with Crippen LogP contribution in [0.1, 0.15) is 154 Å². The molecule has 2 aromatic rings. The molecule has 0 amide bonds. The topological polar surface area (TPSA) is 80.3 Å². The van der Waals surface area contributed by atoms with Gasteiger partial charge in [0.05, 0.1) is 11.9 Å². The van der Waals surface area contributed by atoms with Gasteiger partial charge in [0.25, 0.3) is 0 Å². The summed E-state index contributed by atoms with van der Waals surface area (Å²) in [6.45, 7) is 8.03. The third-order valence-electron chi connectivity index (χ3n) is 8.78. The van der Waals surface area contributed by atoms with Crippen molar-refractivity contribution in [2.24, 2.45) is 0 Å². The van der Waals surface area contributed by atoms with Gasteiger partial charge in [0, 0.05) is 10.8 Å². The van der Waals surface area contributed by atoms with Crippen LogP contribution in [0.2, 0.25) is 0 Å². The zero-order chi connectivity index (χ0) is 31.1. The molecule has 2 unspecified atom stereocenters. The Morgan fingerprint density at radius 1 is 0.488 bits per heavy atom. The van der Waals surface area contributed by atoms with Crippen LogP contribution in [0.3, 0.4) is 0 Å². The predicted octanol–water partition coefficient (Wildman–Crippen LogP) is 8.07. The number of carbonyl (C=O) groups excluding carboxylic acids is 2. The summed E-state index contributed by atoms with van der Waals surface area (Å²) >= 11 is 0. The van der Waals surface area contributed by atoms with E-state index in [9.17, 15) is 19.8 Å². The Balaban J connectivity index is 0.000000802. The average Bonchev–Trinajstić information content (AvgIpc) is 3.00. The summed E-state index contributed by atoms with van der Waals surface area (Å²) in [6, 6.07) is 19.0. The van der Waals surface area contributed by atoms with Gasteiger partial charge in [0.15, 0.2) is 0 Å². The van der Waals surface area contributed by atoms with Gasteiger partial charge in [0.2, 0.25) is 0 Å². The maximum absolute atomic E-state index is 11.5. The minimum atomic E-state index is -0.961. The van der Waals surface area contributed by atoms with E-state index in [4.69, 9.17) is 0 Å². The van der Waals surface area contributed by atoms with Gasteiger partial charge in [-0.1, -0.05) is 191 Å². The maximum atomic E-state index is 11.5. The first-order valence-electron chi connectivity index (χ1n) is 16.8. The van der Waals surface area contributed by atoms with Crippen LogP contribution < -0.4 is 10.2 Å². The second-order valence-corrected chi connectivity index (χ2v) is 12.4. The van der Waals surface area contributed by atoms with Gasteiger partial charge in [-0.3, -0.25) is 0 Å². The molecule has 0 bridgehead atoms. The first-order chi connectivity index (χ1) is 20.2. The van der Waals surface area contributed by atoms with Crippen molar-refractivity contribution in [3.63, 3.8) is 0 Å². The molecule has 0 aromatic heterocycles. The molecule has 2 rings (SSSR count). The molecule has 236 valence electrons. The molecule has 0 fully saturated rings. The second kappa shape index (κ2) is 24.9. The number of benzene rings is 2. The minimum absolute atomic E-state index is 0. The van der Waals surface area contributed by atoms with E-state index in [0.717, 1.165) is 36.8 Å². The van der Waals surface area contributed by atoms with Gasteiger partial charge in [-0.15, -0.1) is 0 Å². The summed E-state index contributed by atoms with van der Waals surface area (Å²) in [7, 11) is 0. The maximum Gasteiger partial charge on any atom is 2.00 e. The zero-order valence-electron chi connectivity index (χ0n) is 27.8. The van der Waals surface area contributed by atoms with Crippen LogP contribution in [-0.2, 0) is 20.4 Å². The number of carboxylic acids is 2. The Morgan fingerprint density at radius 2 is 0.744 bits per heavy atom. The van der Waals surface area contributed by atoms with Crippen molar-refractivity contribution >= 4 is 49.7 Å². The van der Waals surface area contributed by atoms with E-state index in [2.05, 4.69) is 13.8 Å². The Kier molecular flexibility index (Phi) is 24.1. The van der Waals surface area contributed by atoms with Crippen molar-refractivity contribution in [2.75, 3.05) is 0 Å². The number of unbranched alkanes of at least 4 members (excludes halogenated alkanes) is 14. The summed E-state index contributed by atoms with van der Waals surface area (Å²) < 4.78 is 0. The summed E-state index contributed by atoms with van der Waals surface area (Å²) in [5.74, 6) is -1.92. The van der Waals surface area contributed by atoms with Crippen LogP contribution in [0.5, 0.6) is 0 Å². The summed E-state index contributed by atoms with van der Waals surface area (Å²) in [5, 5.41) is 23.1. The van der Waals surface area contributed by atoms with Crippen LogP contribution >= 0.6 is 0 Å². The molecule has 0 aliphatic heterocycles. The Bertz CT molecular complexity index is 885. The average molecular weight is 619 g/mol. The third-order valence-corrected chi connectivity index (χ3v) is 8.78. The van der Waals surface area contributed by atoms with Crippen molar-refractivity contribution in [3.8, 4) is 0 Å². The van der Waals surface area contributed by atoms with E-state index in [-0.39, 0.29) is 37.7 Å². The van der Waals surface area contributed by atoms with E-state index < -0.39 is 22.8 Å². The first-order valence-corrected chi connectivity index (χ1v) is 16.8. The number of carbonyl (C=O) groups is 2. The van der Waals surface area contributed by atoms with E-state index in [1.807, 2.05) is 60.7 Å².